The van der Waals surface area contributed by atoms with Crippen LogP contribution in [0.5, 0.6) is 0 Å². The molecule has 6 rings (SSSR count). The lowest BCUT2D eigenvalue weighted by Crippen LogP contribution is -2.06. The molecular formula is C30H20N6O6S2-2. The van der Waals surface area contributed by atoms with Crippen molar-refractivity contribution in [3.8, 4) is 33.9 Å². The summed E-state index contributed by atoms with van der Waals surface area (Å²) in [5, 5.41) is 17.1. The second-order valence-electron chi connectivity index (χ2n) is 9.46. The van der Waals surface area contributed by atoms with E-state index in [-0.39, 0.29) is 22.5 Å². The van der Waals surface area contributed by atoms with Crippen molar-refractivity contribution < 1.29 is 25.9 Å². The molecule has 0 saturated heterocycles. The van der Waals surface area contributed by atoms with Crippen molar-refractivity contribution in [3.63, 3.8) is 0 Å². The number of aromatic nitrogens is 6. The van der Waals surface area contributed by atoms with Gasteiger partial charge in [0.15, 0.2) is 0 Å². The molecule has 0 bridgehead atoms. The summed E-state index contributed by atoms with van der Waals surface area (Å²) in [4.78, 5) is 1.22. The van der Waals surface area contributed by atoms with E-state index in [1.807, 2.05) is 60.7 Å². The highest BCUT2D eigenvalue weighted by atomic mass is 32.2. The van der Waals surface area contributed by atoms with Crippen LogP contribution in [0.15, 0.2) is 119 Å². The third kappa shape index (κ3) is 6.09. The van der Waals surface area contributed by atoms with E-state index in [0.717, 1.165) is 23.3 Å². The zero-order valence-electron chi connectivity index (χ0n) is 22.5. The van der Waals surface area contributed by atoms with Crippen LogP contribution in [-0.2, 0) is 20.2 Å². The van der Waals surface area contributed by atoms with Crippen LogP contribution in [0.1, 0.15) is 11.1 Å². The molecule has 2 heterocycles. The average Bonchev–Trinajstić information content (AvgIpc) is 3.71. The highest BCUT2D eigenvalue weighted by molar-refractivity contribution is 7.86. The molecule has 0 saturated carbocycles. The molecule has 2 aromatic heterocycles. The number of nitrogens with zero attached hydrogens (tertiary/aromatic N) is 6. The molecular weight excluding hydrogens is 605 g/mol. The Balaban J connectivity index is 1.34. The molecule has 220 valence electrons. The van der Waals surface area contributed by atoms with E-state index in [1.54, 1.807) is 0 Å². The first-order chi connectivity index (χ1) is 21.1. The first-order valence-electron chi connectivity index (χ1n) is 12.9. The number of hydrogen-bond acceptors (Lipinski definition) is 10. The fourth-order valence-electron chi connectivity index (χ4n) is 4.44. The highest BCUT2D eigenvalue weighted by Gasteiger charge is 2.14. The van der Waals surface area contributed by atoms with Gasteiger partial charge in [-0.25, -0.2) is 16.8 Å². The van der Waals surface area contributed by atoms with Crippen LogP contribution in [0.25, 0.3) is 46.0 Å². The monoisotopic (exact) mass is 624 g/mol. The van der Waals surface area contributed by atoms with Gasteiger partial charge in [-0.05, 0) is 35.4 Å². The molecule has 0 aliphatic carbocycles. The zero-order valence-corrected chi connectivity index (χ0v) is 24.1. The van der Waals surface area contributed by atoms with E-state index in [0.29, 0.717) is 11.4 Å². The van der Waals surface area contributed by atoms with Crippen LogP contribution >= 0.6 is 0 Å². The van der Waals surface area contributed by atoms with Gasteiger partial charge < -0.3 is 9.11 Å². The van der Waals surface area contributed by atoms with E-state index in [1.165, 1.54) is 58.4 Å². The normalized spacial score (nSPS) is 12.1. The molecule has 4 aromatic carbocycles. The molecule has 14 heteroatoms. The van der Waals surface area contributed by atoms with Gasteiger partial charge in [0.05, 0.1) is 33.6 Å². The summed E-state index contributed by atoms with van der Waals surface area (Å²) in [7, 11) is -9.97. The summed E-state index contributed by atoms with van der Waals surface area (Å²) in [6.07, 6.45) is 5.49. The summed E-state index contributed by atoms with van der Waals surface area (Å²) in [5.74, 6) is 0. The van der Waals surface area contributed by atoms with Crippen LogP contribution in [0.2, 0.25) is 0 Å². The van der Waals surface area contributed by atoms with Gasteiger partial charge in [-0.3, -0.25) is 0 Å². The minimum atomic E-state index is -4.99. The van der Waals surface area contributed by atoms with Gasteiger partial charge in [-0.2, -0.15) is 19.8 Å². The van der Waals surface area contributed by atoms with Gasteiger partial charge in [-0.1, -0.05) is 84.9 Å². The Hall–Kier alpha value is -5.28. The molecule has 0 unspecified atom stereocenters. The predicted octanol–water partition coefficient (Wildman–Crippen LogP) is 4.16. The van der Waals surface area contributed by atoms with Crippen LogP contribution < -0.4 is 0 Å². The first-order valence-corrected chi connectivity index (χ1v) is 15.7. The van der Waals surface area contributed by atoms with E-state index >= 15 is 0 Å². The van der Waals surface area contributed by atoms with Crippen LogP contribution in [-0.4, -0.2) is 55.9 Å². The smallest absolute Gasteiger partial charge is 0.125 e. The largest absolute Gasteiger partial charge is 0.744 e. The van der Waals surface area contributed by atoms with Crippen molar-refractivity contribution >= 4 is 32.4 Å². The Kier molecular flexibility index (Phi) is 7.48. The Morgan fingerprint density at radius 1 is 0.545 bits per heavy atom. The summed E-state index contributed by atoms with van der Waals surface area (Å²) in [6.45, 7) is 0. The zero-order chi connectivity index (χ0) is 30.9. The topological polar surface area (TPSA) is 176 Å². The van der Waals surface area contributed by atoms with Gasteiger partial charge in [-0.15, -0.1) is 10.2 Å². The lowest BCUT2D eigenvalue weighted by Gasteiger charge is -2.14. The summed E-state index contributed by atoms with van der Waals surface area (Å²) < 4.78 is 73.2. The molecule has 6 aromatic rings. The Bertz CT molecular complexity index is 2070. The van der Waals surface area contributed by atoms with E-state index < -0.39 is 30.0 Å². The van der Waals surface area contributed by atoms with Crippen molar-refractivity contribution in [2.24, 2.45) is 0 Å². The van der Waals surface area contributed by atoms with Gasteiger partial charge in [0.1, 0.15) is 31.6 Å². The second-order valence-corrected chi connectivity index (χ2v) is 12.2. The standard InChI is InChI=1S/C30H22N6O6S2/c37-43(38,39)29-17-25(35-31-19-27(33-35)21-7-3-1-4-8-21)15-13-23(29)11-12-24-14-16-26(18-30(24)44(40,41)42)36-32-20-28(34-36)22-9-5-2-6-10-22/h1-20H,(H,37,38,39)(H,40,41,42)/p-2/b12-11+. The van der Waals surface area contributed by atoms with Crippen LogP contribution in [0.3, 0.4) is 0 Å². The van der Waals surface area contributed by atoms with E-state index in [9.17, 15) is 25.9 Å². The maximum Gasteiger partial charge on any atom is 0.125 e. The fraction of sp³-hybridized carbons (Fsp3) is 0. The maximum atomic E-state index is 12.2. The number of benzene rings is 4. The number of hydrogen-bond donors (Lipinski definition) is 0. The SMILES string of the molecule is O=S(=O)([O-])c1cc(-n2ncc(-c3ccccc3)n2)ccc1/C=C/c1ccc(-n2ncc(-c3ccccc3)n2)cc1S(=O)(=O)[O-]. The lowest BCUT2D eigenvalue weighted by molar-refractivity contribution is 0.460. The minimum absolute atomic E-state index is 0.0289. The Morgan fingerprint density at radius 3 is 1.30 bits per heavy atom. The molecule has 0 N–H and O–H groups in total. The molecule has 0 fully saturated rings. The highest BCUT2D eigenvalue weighted by Crippen LogP contribution is 2.26. The van der Waals surface area contributed by atoms with Crippen molar-refractivity contribution in [3.05, 3.63) is 121 Å². The van der Waals surface area contributed by atoms with Gasteiger partial charge in [0, 0.05) is 11.1 Å². The first kappa shape index (κ1) is 28.8. The summed E-state index contributed by atoms with van der Waals surface area (Å²) in [5.41, 5.74) is 3.04. The fourth-order valence-corrected chi connectivity index (χ4v) is 5.82. The van der Waals surface area contributed by atoms with Gasteiger partial charge >= 0.3 is 0 Å². The molecule has 0 amide bonds. The van der Waals surface area contributed by atoms with Crippen molar-refractivity contribution in [2.45, 2.75) is 9.79 Å². The lowest BCUT2D eigenvalue weighted by atomic mass is 10.1. The van der Waals surface area contributed by atoms with Crippen molar-refractivity contribution in [1.82, 2.24) is 30.0 Å². The third-order valence-corrected chi connectivity index (χ3v) is 8.34. The maximum absolute atomic E-state index is 12.2. The van der Waals surface area contributed by atoms with Crippen LogP contribution in [0.4, 0.5) is 0 Å². The van der Waals surface area contributed by atoms with Crippen molar-refractivity contribution in [1.29, 1.82) is 0 Å². The average molecular weight is 625 g/mol. The van der Waals surface area contributed by atoms with E-state index in [4.69, 9.17) is 0 Å². The molecule has 0 atom stereocenters. The minimum Gasteiger partial charge on any atom is -0.744 e. The quantitative estimate of drug-likeness (QED) is 0.176. The van der Waals surface area contributed by atoms with Gasteiger partial charge in [0.2, 0.25) is 0 Å². The number of rotatable bonds is 8. The van der Waals surface area contributed by atoms with E-state index in [2.05, 4.69) is 20.4 Å². The molecule has 0 radical (unpaired) electrons. The Morgan fingerprint density at radius 2 is 0.932 bits per heavy atom. The third-order valence-electron chi connectivity index (χ3n) is 6.56. The van der Waals surface area contributed by atoms with Crippen LogP contribution in [0, 0.1) is 0 Å². The summed E-state index contributed by atoms with van der Waals surface area (Å²) in [6, 6.07) is 26.4. The molecule has 0 aliphatic rings. The molecule has 12 nitrogen and oxygen atoms in total. The molecule has 44 heavy (non-hydrogen) atoms. The van der Waals surface area contributed by atoms with Crippen molar-refractivity contribution in [2.75, 3.05) is 0 Å². The molecule has 0 aliphatic heterocycles. The Labute approximate surface area is 252 Å². The second kappa shape index (κ2) is 11.4. The summed E-state index contributed by atoms with van der Waals surface area (Å²) >= 11 is 0. The predicted molar refractivity (Wildman–Crippen MR) is 158 cm³/mol. The molecule has 0 spiro atoms. The van der Waals surface area contributed by atoms with Gasteiger partial charge in [0.25, 0.3) is 0 Å².